The van der Waals surface area contributed by atoms with Gasteiger partial charge >= 0.3 is 5.97 Å². The molecule has 0 spiro atoms. The van der Waals surface area contributed by atoms with E-state index < -0.39 is 23.3 Å². The molecule has 178 valence electrons. The fraction of sp³-hybridized carbons (Fsp3) is 0.480. The average molecular weight is 479 g/mol. The number of anilines is 2. The fourth-order valence-corrected chi connectivity index (χ4v) is 5.00. The van der Waals surface area contributed by atoms with Crippen molar-refractivity contribution in [2.45, 2.75) is 63.5 Å². The third-order valence-electron chi connectivity index (χ3n) is 6.55. The normalized spacial score (nSPS) is 16.8. The summed E-state index contributed by atoms with van der Waals surface area (Å²) in [4.78, 5) is 10.8. The molecule has 1 aliphatic heterocycles. The van der Waals surface area contributed by atoms with Gasteiger partial charge < -0.3 is 20.5 Å². The van der Waals surface area contributed by atoms with Crippen molar-refractivity contribution in [1.82, 2.24) is 0 Å². The molecule has 1 heterocycles. The molecule has 1 fully saturated rings. The SMILES string of the molecule is O=C(O)CCCCCC1(c2ccc(Cl)cc2OCC2CCCC2)Nc2cc(F)c(F)cc2N1. The Morgan fingerprint density at radius 3 is 2.36 bits per heavy atom. The molecule has 0 radical (unpaired) electrons. The number of rotatable bonds is 10. The van der Waals surface area contributed by atoms with Gasteiger partial charge in [0.2, 0.25) is 0 Å². The predicted octanol–water partition coefficient (Wildman–Crippen LogP) is 6.91. The van der Waals surface area contributed by atoms with Crippen molar-refractivity contribution in [3.8, 4) is 5.75 Å². The third kappa shape index (κ3) is 5.52. The Morgan fingerprint density at radius 1 is 1.06 bits per heavy atom. The van der Waals surface area contributed by atoms with E-state index in [1.807, 2.05) is 6.07 Å². The van der Waals surface area contributed by atoms with Gasteiger partial charge in [0.15, 0.2) is 11.6 Å². The summed E-state index contributed by atoms with van der Waals surface area (Å²) < 4.78 is 34.1. The monoisotopic (exact) mass is 478 g/mol. The Bertz CT molecular complexity index is 980. The zero-order chi connectivity index (χ0) is 23.4. The summed E-state index contributed by atoms with van der Waals surface area (Å²) in [6.07, 6.45) is 7.37. The first kappa shape index (κ1) is 23.6. The van der Waals surface area contributed by atoms with Crippen LogP contribution in [0.1, 0.15) is 63.4 Å². The number of fused-ring (bicyclic) bond motifs is 1. The first-order chi connectivity index (χ1) is 15.9. The summed E-state index contributed by atoms with van der Waals surface area (Å²) in [6, 6.07) is 7.74. The summed E-state index contributed by atoms with van der Waals surface area (Å²) in [5.41, 5.74) is 0.883. The number of halogens is 3. The second-order valence-electron chi connectivity index (χ2n) is 9.02. The molecule has 0 aromatic heterocycles. The maximum atomic E-state index is 13.9. The summed E-state index contributed by atoms with van der Waals surface area (Å²) in [5.74, 6) is -1.52. The van der Waals surface area contributed by atoms with E-state index in [4.69, 9.17) is 21.4 Å². The molecular weight excluding hydrogens is 450 g/mol. The molecule has 8 heteroatoms. The largest absolute Gasteiger partial charge is 0.493 e. The molecule has 1 saturated carbocycles. The van der Waals surface area contributed by atoms with Crippen LogP contribution in [0.4, 0.5) is 20.2 Å². The van der Waals surface area contributed by atoms with Crippen LogP contribution in [0.2, 0.25) is 5.02 Å². The van der Waals surface area contributed by atoms with E-state index in [1.165, 1.54) is 12.8 Å². The number of unbranched alkanes of at least 4 members (excludes halogenated alkanes) is 2. The van der Waals surface area contributed by atoms with Gasteiger partial charge in [-0.25, -0.2) is 8.78 Å². The summed E-state index contributed by atoms with van der Waals surface area (Å²) in [7, 11) is 0. The molecule has 0 saturated heterocycles. The van der Waals surface area contributed by atoms with E-state index in [-0.39, 0.29) is 6.42 Å². The lowest BCUT2D eigenvalue weighted by Gasteiger charge is -2.33. The van der Waals surface area contributed by atoms with E-state index in [9.17, 15) is 13.6 Å². The number of benzene rings is 2. The van der Waals surface area contributed by atoms with Gasteiger partial charge in [0.05, 0.1) is 18.0 Å². The van der Waals surface area contributed by atoms with Crippen molar-refractivity contribution < 1.29 is 23.4 Å². The Labute approximate surface area is 197 Å². The molecule has 0 unspecified atom stereocenters. The number of hydrogen-bond acceptors (Lipinski definition) is 4. The number of ether oxygens (including phenoxy) is 1. The van der Waals surface area contributed by atoms with Crippen molar-refractivity contribution in [3.05, 3.63) is 52.6 Å². The zero-order valence-corrected chi connectivity index (χ0v) is 19.2. The highest BCUT2D eigenvalue weighted by molar-refractivity contribution is 6.30. The van der Waals surface area contributed by atoms with Crippen LogP contribution in [0.3, 0.4) is 0 Å². The Morgan fingerprint density at radius 2 is 1.73 bits per heavy atom. The highest BCUT2D eigenvalue weighted by Crippen LogP contribution is 2.46. The summed E-state index contributed by atoms with van der Waals surface area (Å²) in [6.45, 7) is 0.595. The van der Waals surface area contributed by atoms with Gasteiger partial charge in [0, 0.05) is 29.1 Å². The quantitative estimate of drug-likeness (QED) is 0.323. The van der Waals surface area contributed by atoms with Crippen LogP contribution in [0.25, 0.3) is 0 Å². The number of carbonyl (C=O) groups is 1. The molecule has 2 aliphatic rings. The van der Waals surface area contributed by atoms with Crippen LogP contribution >= 0.6 is 11.6 Å². The van der Waals surface area contributed by atoms with Crippen molar-refractivity contribution in [2.75, 3.05) is 17.2 Å². The molecular formula is C25H29ClF2N2O3. The number of nitrogens with one attached hydrogen (secondary N) is 2. The van der Waals surface area contributed by atoms with E-state index in [0.717, 1.165) is 30.5 Å². The predicted molar refractivity (Wildman–Crippen MR) is 125 cm³/mol. The van der Waals surface area contributed by atoms with Crippen LogP contribution in [-0.4, -0.2) is 17.7 Å². The van der Waals surface area contributed by atoms with Gasteiger partial charge in [-0.1, -0.05) is 30.9 Å². The maximum Gasteiger partial charge on any atom is 0.303 e. The number of aliphatic carboxylic acids is 1. The van der Waals surface area contributed by atoms with Crippen molar-refractivity contribution >= 4 is 28.9 Å². The van der Waals surface area contributed by atoms with Crippen molar-refractivity contribution in [2.24, 2.45) is 5.92 Å². The van der Waals surface area contributed by atoms with Crippen LogP contribution in [-0.2, 0) is 10.5 Å². The second-order valence-corrected chi connectivity index (χ2v) is 9.46. The molecule has 33 heavy (non-hydrogen) atoms. The van der Waals surface area contributed by atoms with E-state index in [1.54, 1.807) is 12.1 Å². The van der Waals surface area contributed by atoms with Gasteiger partial charge in [-0.15, -0.1) is 0 Å². The zero-order valence-electron chi connectivity index (χ0n) is 18.4. The van der Waals surface area contributed by atoms with Crippen LogP contribution in [0.5, 0.6) is 5.75 Å². The van der Waals surface area contributed by atoms with Crippen molar-refractivity contribution in [1.29, 1.82) is 0 Å². The first-order valence-electron chi connectivity index (χ1n) is 11.6. The Hall–Kier alpha value is -2.54. The molecule has 4 rings (SSSR count). The molecule has 0 atom stereocenters. The minimum Gasteiger partial charge on any atom is -0.493 e. The fourth-order valence-electron chi connectivity index (χ4n) is 4.84. The summed E-state index contributed by atoms with van der Waals surface area (Å²) >= 11 is 6.29. The van der Waals surface area contributed by atoms with Crippen LogP contribution in [0, 0.1) is 17.6 Å². The van der Waals surface area contributed by atoms with E-state index in [0.29, 0.717) is 60.4 Å². The molecule has 0 amide bonds. The van der Waals surface area contributed by atoms with Crippen molar-refractivity contribution in [3.63, 3.8) is 0 Å². The van der Waals surface area contributed by atoms with E-state index >= 15 is 0 Å². The van der Waals surface area contributed by atoms with Gasteiger partial charge in [-0.3, -0.25) is 4.79 Å². The topological polar surface area (TPSA) is 70.6 Å². The lowest BCUT2D eigenvalue weighted by molar-refractivity contribution is -0.137. The van der Waals surface area contributed by atoms with Gasteiger partial charge in [0.25, 0.3) is 0 Å². The van der Waals surface area contributed by atoms with Gasteiger partial charge in [-0.05, 0) is 56.2 Å². The van der Waals surface area contributed by atoms with Crippen LogP contribution in [0.15, 0.2) is 30.3 Å². The lowest BCUT2D eigenvalue weighted by atomic mass is 9.92. The Kier molecular flexibility index (Phi) is 7.27. The molecule has 2 aromatic carbocycles. The maximum absolute atomic E-state index is 13.9. The number of carboxylic acid groups (broad SMARTS) is 1. The number of hydrogen-bond donors (Lipinski definition) is 3. The van der Waals surface area contributed by atoms with E-state index in [2.05, 4.69) is 10.6 Å². The van der Waals surface area contributed by atoms with Gasteiger partial charge in [0.1, 0.15) is 11.4 Å². The third-order valence-corrected chi connectivity index (χ3v) is 6.79. The van der Waals surface area contributed by atoms with Crippen LogP contribution < -0.4 is 15.4 Å². The highest BCUT2D eigenvalue weighted by Gasteiger charge is 2.40. The minimum atomic E-state index is -0.922. The minimum absolute atomic E-state index is 0.112. The highest BCUT2D eigenvalue weighted by atomic mass is 35.5. The number of carboxylic acids is 1. The molecule has 3 N–H and O–H groups in total. The smallest absolute Gasteiger partial charge is 0.303 e. The first-order valence-corrected chi connectivity index (χ1v) is 11.9. The molecule has 1 aliphatic carbocycles. The molecule has 5 nitrogen and oxygen atoms in total. The molecule has 0 bridgehead atoms. The standard InChI is InChI=1S/C25H29ClF2N2O3/c26-17-9-10-18(23(12-17)33-15-16-6-3-4-7-16)25(11-5-1-2-8-24(31)32)29-21-13-19(27)20(28)14-22(21)30-25/h9-10,12-14,16,29-30H,1-8,11,15H2,(H,31,32). The Balaban J connectivity index is 1.61. The summed E-state index contributed by atoms with van der Waals surface area (Å²) in [5, 5.41) is 16.2. The molecule has 2 aromatic rings. The lowest BCUT2D eigenvalue weighted by Crippen LogP contribution is -2.39. The second kappa shape index (κ2) is 10.2. The van der Waals surface area contributed by atoms with Gasteiger partial charge in [-0.2, -0.15) is 0 Å². The average Bonchev–Trinajstić information content (AvgIpc) is 3.40.